The Labute approximate surface area is 159 Å². The molecule has 0 bridgehead atoms. The van der Waals surface area contributed by atoms with Crippen LogP contribution in [0.1, 0.15) is 15.9 Å². The van der Waals surface area contributed by atoms with Gasteiger partial charge in [-0.25, -0.2) is 18.4 Å². The lowest BCUT2D eigenvalue weighted by Crippen LogP contribution is -2.30. The molecule has 7 nitrogen and oxygen atoms in total. The summed E-state index contributed by atoms with van der Waals surface area (Å²) in [5.41, 5.74) is 1.19. The van der Waals surface area contributed by atoms with Gasteiger partial charge in [-0.3, -0.25) is 4.79 Å². The van der Waals surface area contributed by atoms with Crippen molar-refractivity contribution in [2.45, 2.75) is 11.3 Å². The molecule has 0 fully saturated rings. The van der Waals surface area contributed by atoms with E-state index in [0.717, 1.165) is 10.0 Å². The normalized spacial score (nSPS) is 11.0. The third kappa shape index (κ3) is 6.25. The quantitative estimate of drug-likeness (QED) is 0.634. The first kappa shape index (κ1) is 20.1. The number of sulfonamides is 1. The van der Waals surface area contributed by atoms with Crippen LogP contribution in [0.2, 0.25) is 0 Å². The zero-order chi connectivity index (χ0) is 19.2. The molecule has 2 rings (SSSR count). The third-order valence-electron chi connectivity index (χ3n) is 3.38. The maximum atomic E-state index is 11.8. The molecule has 0 radical (unpaired) electrons. The summed E-state index contributed by atoms with van der Waals surface area (Å²) in [6.45, 7) is -0.0578. The molecular weight excluding hydrogens is 424 g/mol. The number of carbonyl (C=O) groups is 2. The van der Waals surface area contributed by atoms with E-state index >= 15 is 0 Å². The fourth-order valence-corrected chi connectivity index (χ4v) is 2.99. The van der Waals surface area contributed by atoms with Crippen molar-refractivity contribution >= 4 is 37.8 Å². The van der Waals surface area contributed by atoms with Gasteiger partial charge in [0.25, 0.3) is 5.91 Å². The summed E-state index contributed by atoms with van der Waals surface area (Å²) in [6, 6.07) is 12.7. The van der Waals surface area contributed by atoms with Crippen LogP contribution in [0.3, 0.4) is 0 Å². The van der Waals surface area contributed by atoms with Gasteiger partial charge in [-0.1, -0.05) is 34.1 Å². The van der Waals surface area contributed by atoms with Gasteiger partial charge >= 0.3 is 5.97 Å². The Balaban J connectivity index is 1.74. The van der Waals surface area contributed by atoms with Crippen LogP contribution < -0.4 is 10.5 Å². The Hall–Kier alpha value is -2.23. The number of carbonyl (C=O) groups excluding carboxylic acids is 2. The zero-order valence-electron chi connectivity index (χ0n) is 13.6. The largest absolute Gasteiger partial charge is 0.452 e. The Morgan fingerprint density at radius 1 is 1.12 bits per heavy atom. The van der Waals surface area contributed by atoms with Crippen molar-refractivity contribution in [2.75, 3.05) is 13.2 Å². The van der Waals surface area contributed by atoms with Crippen LogP contribution in [0.15, 0.2) is 57.9 Å². The minimum absolute atomic E-state index is 0.0322. The first-order chi connectivity index (χ1) is 12.3. The minimum Gasteiger partial charge on any atom is -0.452 e. The van der Waals surface area contributed by atoms with Crippen LogP contribution in [0.5, 0.6) is 0 Å². The second kappa shape index (κ2) is 8.93. The highest BCUT2D eigenvalue weighted by Gasteiger charge is 2.10. The highest BCUT2D eigenvalue weighted by Crippen LogP contribution is 2.12. The summed E-state index contributed by atoms with van der Waals surface area (Å²) < 4.78 is 28.0. The number of amides is 1. The van der Waals surface area contributed by atoms with Crippen molar-refractivity contribution in [2.24, 2.45) is 5.14 Å². The van der Waals surface area contributed by atoms with Crippen molar-refractivity contribution in [1.82, 2.24) is 5.32 Å². The van der Waals surface area contributed by atoms with Crippen LogP contribution in [-0.2, 0) is 26.0 Å². The molecule has 0 saturated carbocycles. The average molecular weight is 441 g/mol. The molecule has 0 heterocycles. The van der Waals surface area contributed by atoms with E-state index in [1.807, 2.05) is 0 Å². The molecule has 2 aromatic rings. The molecule has 26 heavy (non-hydrogen) atoms. The minimum atomic E-state index is -3.72. The molecular formula is C17H17BrN2O5S. The summed E-state index contributed by atoms with van der Waals surface area (Å²) in [5, 5.41) is 7.65. The Kier molecular flexibility index (Phi) is 6.90. The Morgan fingerprint density at radius 2 is 1.81 bits per heavy atom. The summed E-state index contributed by atoms with van der Waals surface area (Å²) in [4.78, 5) is 23.6. The predicted molar refractivity (Wildman–Crippen MR) is 99.0 cm³/mol. The van der Waals surface area contributed by atoms with Gasteiger partial charge in [0.05, 0.1) is 10.5 Å². The van der Waals surface area contributed by atoms with Gasteiger partial charge in [0.2, 0.25) is 10.0 Å². The topological polar surface area (TPSA) is 116 Å². The van der Waals surface area contributed by atoms with Crippen molar-refractivity contribution in [3.05, 3.63) is 64.1 Å². The van der Waals surface area contributed by atoms with Crippen LogP contribution in [0.4, 0.5) is 0 Å². The molecule has 0 atom stereocenters. The number of esters is 1. The summed E-state index contributed by atoms with van der Waals surface area (Å²) >= 11 is 3.25. The first-order valence-corrected chi connectivity index (χ1v) is 9.91. The highest BCUT2D eigenvalue weighted by atomic mass is 79.9. The van der Waals surface area contributed by atoms with E-state index in [9.17, 15) is 18.0 Å². The Morgan fingerprint density at radius 3 is 2.42 bits per heavy atom. The Bertz CT molecular complexity index is 898. The van der Waals surface area contributed by atoms with Gasteiger partial charge in [-0.05, 0) is 42.3 Å². The molecule has 0 aliphatic carbocycles. The van der Waals surface area contributed by atoms with Crippen molar-refractivity contribution in [1.29, 1.82) is 0 Å². The number of halogens is 1. The van der Waals surface area contributed by atoms with E-state index in [0.29, 0.717) is 18.5 Å². The fraction of sp³-hybridized carbons (Fsp3) is 0.176. The second-order valence-corrected chi connectivity index (χ2v) is 7.85. The number of hydrogen-bond acceptors (Lipinski definition) is 5. The standard InChI is InChI=1S/C17H17BrN2O5S/c18-14-3-1-2-13(10-14)17(22)25-11-16(21)20-9-8-12-4-6-15(7-5-12)26(19,23)24/h1-7,10H,8-9,11H2,(H,20,21)(H2,19,23,24). The third-order valence-corrected chi connectivity index (χ3v) is 4.80. The number of benzene rings is 2. The highest BCUT2D eigenvalue weighted by molar-refractivity contribution is 9.10. The molecule has 1 amide bonds. The number of hydrogen-bond donors (Lipinski definition) is 2. The number of ether oxygens (including phenoxy) is 1. The second-order valence-electron chi connectivity index (χ2n) is 5.38. The smallest absolute Gasteiger partial charge is 0.338 e. The summed E-state index contributed by atoms with van der Waals surface area (Å²) in [5.74, 6) is -1.01. The van der Waals surface area contributed by atoms with Gasteiger partial charge in [-0.15, -0.1) is 0 Å². The maximum absolute atomic E-state index is 11.8. The lowest BCUT2D eigenvalue weighted by molar-refractivity contribution is -0.124. The SMILES string of the molecule is NS(=O)(=O)c1ccc(CCNC(=O)COC(=O)c2cccc(Br)c2)cc1. The number of primary sulfonamides is 1. The van der Waals surface area contributed by atoms with Crippen LogP contribution in [0, 0.1) is 0 Å². The van der Waals surface area contributed by atoms with Crippen molar-refractivity contribution in [3.8, 4) is 0 Å². The zero-order valence-corrected chi connectivity index (χ0v) is 16.0. The fourth-order valence-electron chi connectivity index (χ4n) is 2.07. The molecule has 9 heteroatoms. The average Bonchev–Trinajstić information content (AvgIpc) is 2.59. The van der Waals surface area contributed by atoms with Crippen LogP contribution >= 0.6 is 15.9 Å². The maximum Gasteiger partial charge on any atom is 0.338 e. The molecule has 0 aromatic heterocycles. The molecule has 3 N–H and O–H groups in total. The van der Waals surface area contributed by atoms with E-state index < -0.39 is 21.9 Å². The van der Waals surface area contributed by atoms with Gasteiger partial charge in [0, 0.05) is 11.0 Å². The van der Waals surface area contributed by atoms with E-state index in [2.05, 4.69) is 21.2 Å². The molecule has 0 spiro atoms. The van der Waals surface area contributed by atoms with E-state index in [1.165, 1.54) is 12.1 Å². The predicted octanol–water partition coefficient (Wildman–Crippen LogP) is 1.61. The summed E-state index contributed by atoms with van der Waals surface area (Å²) in [6.07, 6.45) is 0.496. The number of nitrogens with two attached hydrogens (primary N) is 1. The van der Waals surface area contributed by atoms with E-state index in [-0.39, 0.29) is 11.5 Å². The number of nitrogens with one attached hydrogen (secondary N) is 1. The van der Waals surface area contributed by atoms with Crippen molar-refractivity contribution in [3.63, 3.8) is 0 Å². The lowest BCUT2D eigenvalue weighted by atomic mass is 10.1. The molecule has 0 saturated heterocycles. The van der Waals surface area contributed by atoms with Crippen LogP contribution in [0.25, 0.3) is 0 Å². The monoisotopic (exact) mass is 440 g/mol. The molecule has 2 aromatic carbocycles. The molecule has 0 aliphatic rings. The van der Waals surface area contributed by atoms with Gasteiger partial charge in [0.1, 0.15) is 0 Å². The van der Waals surface area contributed by atoms with E-state index in [4.69, 9.17) is 9.88 Å². The van der Waals surface area contributed by atoms with Gasteiger partial charge < -0.3 is 10.1 Å². The van der Waals surface area contributed by atoms with Gasteiger partial charge in [-0.2, -0.15) is 0 Å². The van der Waals surface area contributed by atoms with E-state index in [1.54, 1.807) is 36.4 Å². The molecule has 0 aliphatic heterocycles. The van der Waals surface area contributed by atoms with Crippen LogP contribution in [-0.4, -0.2) is 33.4 Å². The first-order valence-electron chi connectivity index (χ1n) is 7.57. The summed E-state index contributed by atoms with van der Waals surface area (Å²) in [7, 11) is -3.72. The van der Waals surface area contributed by atoms with Crippen molar-refractivity contribution < 1.29 is 22.7 Å². The number of rotatable bonds is 7. The molecule has 0 unspecified atom stereocenters. The lowest BCUT2D eigenvalue weighted by Gasteiger charge is -2.07. The molecule has 138 valence electrons. The van der Waals surface area contributed by atoms with Gasteiger partial charge in [0.15, 0.2) is 6.61 Å².